The molecule has 0 unspecified atom stereocenters. The van der Waals surface area contributed by atoms with Crippen molar-refractivity contribution in [2.75, 3.05) is 19.8 Å². The molecule has 0 saturated carbocycles. The van der Waals surface area contributed by atoms with Crippen LogP contribution in [0.1, 0.15) is 66.2 Å². The minimum Gasteiger partial charge on any atom is -0.479 e. The highest BCUT2D eigenvalue weighted by molar-refractivity contribution is 5.84. The number of ether oxygens (including phenoxy) is 3. The predicted molar refractivity (Wildman–Crippen MR) is 89.8 cm³/mol. The van der Waals surface area contributed by atoms with Gasteiger partial charge in [0.15, 0.2) is 5.60 Å². The number of carbonyl (C=O) groups is 2. The zero-order valence-corrected chi connectivity index (χ0v) is 15.4. The Hall–Kier alpha value is -1.14. The van der Waals surface area contributed by atoms with Crippen molar-refractivity contribution in [1.29, 1.82) is 0 Å². The van der Waals surface area contributed by atoms with E-state index in [-0.39, 0.29) is 12.3 Å². The summed E-state index contributed by atoms with van der Waals surface area (Å²) in [6, 6.07) is 0. The van der Waals surface area contributed by atoms with Gasteiger partial charge in [-0.05, 0) is 52.4 Å². The van der Waals surface area contributed by atoms with Crippen LogP contribution < -0.4 is 0 Å². The summed E-state index contributed by atoms with van der Waals surface area (Å²) in [6.07, 6.45) is 3.30. The molecule has 0 aliphatic carbocycles. The number of carboxylic acid groups (broad SMARTS) is 1. The molecule has 0 aromatic rings. The van der Waals surface area contributed by atoms with Gasteiger partial charge in [0, 0.05) is 19.8 Å². The molecular formula is C18H32O6. The van der Waals surface area contributed by atoms with Crippen LogP contribution in [0, 0.1) is 5.92 Å². The van der Waals surface area contributed by atoms with Gasteiger partial charge in [-0.25, -0.2) is 4.79 Å². The summed E-state index contributed by atoms with van der Waals surface area (Å²) in [5.74, 6) is -1.44. The maximum Gasteiger partial charge on any atom is 0.336 e. The average Bonchev–Trinajstić information content (AvgIpc) is 2.46. The highest BCUT2D eigenvalue weighted by Gasteiger charge is 2.45. The molecule has 1 aliphatic rings. The summed E-state index contributed by atoms with van der Waals surface area (Å²) < 4.78 is 16.5. The second-order valence-electron chi connectivity index (χ2n) is 7.52. The summed E-state index contributed by atoms with van der Waals surface area (Å²) in [4.78, 5) is 24.3. The third-order valence-electron chi connectivity index (χ3n) is 4.08. The van der Waals surface area contributed by atoms with Crippen LogP contribution in [-0.4, -0.2) is 48.1 Å². The minimum absolute atomic E-state index is 0.180. The normalized spacial score (nSPS) is 18.8. The molecule has 0 radical (unpaired) electrons. The van der Waals surface area contributed by atoms with Crippen molar-refractivity contribution in [2.45, 2.75) is 77.4 Å². The number of rotatable bonds is 9. The second-order valence-corrected chi connectivity index (χ2v) is 7.52. The summed E-state index contributed by atoms with van der Waals surface area (Å²) in [5, 5.41) is 9.84. The predicted octanol–water partition coefficient (Wildman–Crippen LogP) is 3.18. The fraction of sp³-hybridized carbons (Fsp3) is 0.889. The summed E-state index contributed by atoms with van der Waals surface area (Å²) in [6.45, 7) is 8.90. The van der Waals surface area contributed by atoms with Crippen LogP contribution in [0.5, 0.6) is 0 Å². The van der Waals surface area contributed by atoms with Crippen LogP contribution in [0.3, 0.4) is 0 Å². The molecule has 0 aromatic heterocycles. The van der Waals surface area contributed by atoms with E-state index in [2.05, 4.69) is 0 Å². The van der Waals surface area contributed by atoms with Gasteiger partial charge in [-0.2, -0.15) is 0 Å². The zero-order valence-electron chi connectivity index (χ0n) is 15.4. The zero-order chi connectivity index (χ0) is 18.2. The van der Waals surface area contributed by atoms with Crippen LogP contribution in [-0.2, 0) is 23.8 Å². The lowest BCUT2D eigenvalue weighted by atomic mass is 9.83. The van der Waals surface area contributed by atoms with E-state index in [0.29, 0.717) is 26.2 Å². The van der Waals surface area contributed by atoms with Gasteiger partial charge in [0.05, 0.1) is 6.42 Å². The molecule has 1 atom stereocenters. The molecule has 0 spiro atoms. The maximum absolute atomic E-state index is 12.3. The van der Waals surface area contributed by atoms with Gasteiger partial charge in [-0.3, -0.25) is 4.79 Å². The molecule has 140 valence electrons. The highest BCUT2D eigenvalue weighted by Crippen LogP contribution is 2.32. The maximum atomic E-state index is 12.3. The van der Waals surface area contributed by atoms with Crippen LogP contribution in [0.15, 0.2) is 0 Å². The number of hydrogen-bond acceptors (Lipinski definition) is 5. The molecule has 1 rings (SSSR count). The number of unbranched alkanes of at least 4 members (excludes halogenated alkanes) is 1. The molecule has 1 heterocycles. The van der Waals surface area contributed by atoms with Gasteiger partial charge in [0.2, 0.25) is 0 Å². The first kappa shape index (κ1) is 20.9. The number of esters is 1. The summed E-state index contributed by atoms with van der Waals surface area (Å²) in [7, 11) is 0. The van der Waals surface area contributed by atoms with Crippen molar-refractivity contribution in [1.82, 2.24) is 0 Å². The lowest BCUT2D eigenvalue weighted by molar-refractivity contribution is -0.182. The fourth-order valence-corrected chi connectivity index (χ4v) is 2.85. The lowest BCUT2D eigenvalue weighted by Gasteiger charge is -2.34. The van der Waals surface area contributed by atoms with Crippen LogP contribution in [0.4, 0.5) is 0 Å². The monoisotopic (exact) mass is 344 g/mol. The Morgan fingerprint density at radius 1 is 1.21 bits per heavy atom. The molecule has 0 amide bonds. The van der Waals surface area contributed by atoms with E-state index in [1.807, 2.05) is 6.92 Å². The largest absolute Gasteiger partial charge is 0.479 e. The van der Waals surface area contributed by atoms with Crippen LogP contribution in [0.2, 0.25) is 0 Å². The van der Waals surface area contributed by atoms with E-state index >= 15 is 0 Å². The average molecular weight is 344 g/mol. The third-order valence-corrected chi connectivity index (χ3v) is 4.08. The SMILES string of the molecule is CCCCO[C@@](CC(=O)OC(C)(C)C)(CC1CCOCC1)C(=O)O. The van der Waals surface area contributed by atoms with E-state index in [1.54, 1.807) is 20.8 Å². The first-order valence-corrected chi connectivity index (χ1v) is 8.85. The van der Waals surface area contributed by atoms with E-state index in [4.69, 9.17) is 14.2 Å². The third kappa shape index (κ3) is 7.18. The number of hydrogen-bond donors (Lipinski definition) is 1. The molecule has 1 aliphatic heterocycles. The number of aliphatic carboxylic acids is 1. The Kier molecular flexibility index (Phi) is 8.16. The molecule has 1 N–H and O–H groups in total. The Labute approximate surface area is 144 Å². The first-order chi connectivity index (χ1) is 11.2. The molecular weight excluding hydrogens is 312 g/mol. The molecule has 0 bridgehead atoms. The van der Waals surface area contributed by atoms with Gasteiger partial charge in [0.25, 0.3) is 0 Å². The van der Waals surface area contributed by atoms with E-state index in [0.717, 1.165) is 25.7 Å². The van der Waals surface area contributed by atoms with E-state index in [1.165, 1.54) is 0 Å². The van der Waals surface area contributed by atoms with Crippen LogP contribution in [0.25, 0.3) is 0 Å². The van der Waals surface area contributed by atoms with Gasteiger partial charge in [-0.15, -0.1) is 0 Å². The van der Waals surface area contributed by atoms with Gasteiger partial charge in [0.1, 0.15) is 5.60 Å². The Morgan fingerprint density at radius 2 is 1.83 bits per heavy atom. The number of carbonyl (C=O) groups excluding carboxylic acids is 1. The molecule has 6 heteroatoms. The topological polar surface area (TPSA) is 82.1 Å². The fourth-order valence-electron chi connectivity index (χ4n) is 2.85. The van der Waals surface area contributed by atoms with E-state index in [9.17, 15) is 14.7 Å². The number of carboxylic acids is 1. The second kappa shape index (κ2) is 9.37. The molecule has 6 nitrogen and oxygen atoms in total. The minimum atomic E-state index is -1.51. The molecule has 24 heavy (non-hydrogen) atoms. The Bertz CT molecular complexity index is 408. The van der Waals surface area contributed by atoms with Crippen molar-refractivity contribution >= 4 is 11.9 Å². The molecule has 0 aromatic carbocycles. The summed E-state index contributed by atoms with van der Waals surface area (Å²) in [5.41, 5.74) is -2.16. The van der Waals surface area contributed by atoms with Gasteiger partial charge < -0.3 is 19.3 Å². The van der Waals surface area contributed by atoms with Crippen LogP contribution >= 0.6 is 0 Å². The first-order valence-electron chi connectivity index (χ1n) is 8.85. The summed E-state index contributed by atoms with van der Waals surface area (Å²) >= 11 is 0. The van der Waals surface area contributed by atoms with Gasteiger partial charge in [-0.1, -0.05) is 13.3 Å². The lowest BCUT2D eigenvalue weighted by Crippen LogP contribution is -2.47. The molecule has 1 fully saturated rings. The van der Waals surface area contributed by atoms with Gasteiger partial charge >= 0.3 is 11.9 Å². The quantitative estimate of drug-likeness (QED) is 0.511. The standard InChI is InChI=1S/C18H32O6/c1-5-6-9-23-18(16(20)21,12-14-7-10-22-11-8-14)13-15(19)24-17(2,3)4/h14H,5-13H2,1-4H3,(H,20,21)/t18-/m1/s1. The van der Waals surface area contributed by atoms with Crippen molar-refractivity contribution in [3.05, 3.63) is 0 Å². The van der Waals surface area contributed by atoms with Crippen molar-refractivity contribution in [2.24, 2.45) is 5.92 Å². The Balaban J connectivity index is 2.87. The van der Waals surface area contributed by atoms with Crippen molar-refractivity contribution in [3.8, 4) is 0 Å². The Morgan fingerprint density at radius 3 is 2.33 bits per heavy atom. The molecule has 1 saturated heterocycles. The highest BCUT2D eigenvalue weighted by atomic mass is 16.6. The van der Waals surface area contributed by atoms with Crippen molar-refractivity contribution in [3.63, 3.8) is 0 Å². The smallest absolute Gasteiger partial charge is 0.336 e. The van der Waals surface area contributed by atoms with Crippen molar-refractivity contribution < 1.29 is 28.9 Å². The van der Waals surface area contributed by atoms with E-state index < -0.39 is 23.1 Å².